The Morgan fingerprint density at radius 2 is 1.80 bits per heavy atom. The predicted octanol–water partition coefficient (Wildman–Crippen LogP) is 4.96. The Kier molecular flexibility index (Phi) is 5.56. The first-order valence-electron chi connectivity index (χ1n) is 12.1. The van der Waals surface area contributed by atoms with E-state index in [1.165, 1.54) is 13.0 Å². The topological polar surface area (TPSA) is 112 Å². The maximum atomic E-state index is 14.3. The van der Waals surface area contributed by atoms with Gasteiger partial charge in [0.2, 0.25) is 11.6 Å². The van der Waals surface area contributed by atoms with E-state index in [0.717, 1.165) is 5.57 Å². The Morgan fingerprint density at radius 3 is 2.37 bits per heavy atom. The smallest absolute Gasteiger partial charge is 0.206 e. The van der Waals surface area contributed by atoms with Gasteiger partial charge in [0.1, 0.15) is 11.5 Å². The summed E-state index contributed by atoms with van der Waals surface area (Å²) in [5.74, 6) is -3.71. The number of ketones is 3. The monoisotopic (exact) mass is 478 g/mol. The molecule has 0 aliphatic heterocycles. The highest BCUT2D eigenvalue weighted by Crippen LogP contribution is 2.69. The third-order valence-electron chi connectivity index (χ3n) is 9.29. The van der Waals surface area contributed by atoms with E-state index >= 15 is 0 Å². The fourth-order valence-corrected chi connectivity index (χ4v) is 7.24. The minimum absolute atomic E-state index is 0.0660. The number of rotatable bonds is 4. The molecule has 0 amide bonds. The van der Waals surface area contributed by atoms with Gasteiger partial charge in [0.15, 0.2) is 11.4 Å². The molecule has 0 saturated heterocycles. The molecule has 6 heteroatoms. The van der Waals surface area contributed by atoms with Crippen LogP contribution in [0.2, 0.25) is 0 Å². The highest BCUT2D eigenvalue weighted by Gasteiger charge is 2.73. The largest absolute Gasteiger partial charge is 0.507 e. The average molecular weight is 479 g/mol. The van der Waals surface area contributed by atoms with Crippen molar-refractivity contribution in [1.82, 2.24) is 0 Å². The molecule has 1 saturated carbocycles. The number of phenols is 1. The molecule has 0 bridgehead atoms. The quantitative estimate of drug-likeness (QED) is 0.321. The van der Waals surface area contributed by atoms with Gasteiger partial charge in [-0.15, -0.1) is 0 Å². The SMILES string of the molecule is C=C(CC)C[C@@H]1[C@]2(C)C(=C(O)c3c(O)cccc3[C@H]2C)C(=O)[C@@]2(O)C(=O)C(C(C)=O)=C(C)C[C@@]12C. The zero-order chi connectivity index (χ0) is 26.2. The Labute approximate surface area is 206 Å². The van der Waals surface area contributed by atoms with Crippen LogP contribution in [0.15, 0.2) is 47.1 Å². The Morgan fingerprint density at radius 1 is 1.17 bits per heavy atom. The first-order chi connectivity index (χ1) is 16.2. The minimum atomic E-state index is -2.53. The summed E-state index contributed by atoms with van der Waals surface area (Å²) in [6, 6.07) is 4.95. The van der Waals surface area contributed by atoms with E-state index in [-0.39, 0.29) is 34.8 Å². The van der Waals surface area contributed by atoms with Gasteiger partial charge < -0.3 is 15.3 Å². The van der Waals surface area contributed by atoms with Crippen molar-refractivity contribution < 1.29 is 29.7 Å². The van der Waals surface area contributed by atoms with Gasteiger partial charge in [-0.05, 0) is 56.6 Å². The number of phenolic OH excluding ortho intramolecular Hbond substituents is 1. The van der Waals surface area contributed by atoms with E-state index in [0.29, 0.717) is 24.0 Å². The van der Waals surface area contributed by atoms with Crippen LogP contribution in [0, 0.1) is 16.7 Å². The molecule has 1 fully saturated rings. The lowest BCUT2D eigenvalue weighted by molar-refractivity contribution is -0.184. The molecule has 0 heterocycles. The van der Waals surface area contributed by atoms with Gasteiger partial charge in [-0.3, -0.25) is 14.4 Å². The molecule has 35 heavy (non-hydrogen) atoms. The zero-order valence-corrected chi connectivity index (χ0v) is 21.3. The van der Waals surface area contributed by atoms with Gasteiger partial charge in [-0.2, -0.15) is 0 Å². The Balaban J connectivity index is 2.14. The summed E-state index contributed by atoms with van der Waals surface area (Å²) in [6.45, 7) is 14.7. The van der Waals surface area contributed by atoms with E-state index in [9.17, 15) is 29.7 Å². The van der Waals surface area contributed by atoms with E-state index in [4.69, 9.17) is 0 Å². The molecule has 3 aliphatic rings. The molecule has 3 N–H and O–H groups in total. The van der Waals surface area contributed by atoms with Crippen molar-refractivity contribution in [3.63, 3.8) is 0 Å². The number of benzene rings is 1. The lowest BCUT2D eigenvalue weighted by atomic mass is 9.39. The number of aliphatic hydroxyl groups excluding tert-OH is 1. The summed E-state index contributed by atoms with van der Waals surface area (Å²) >= 11 is 0. The van der Waals surface area contributed by atoms with Crippen LogP contribution >= 0.6 is 0 Å². The molecule has 0 aromatic heterocycles. The molecule has 186 valence electrons. The molecular weight excluding hydrogens is 444 g/mol. The molecular formula is C29H34O6. The second kappa shape index (κ2) is 7.76. The molecule has 0 spiro atoms. The minimum Gasteiger partial charge on any atom is -0.507 e. The van der Waals surface area contributed by atoms with Gasteiger partial charge >= 0.3 is 0 Å². The van der Waals surface area contributed by atoms with Crippen LogP contribution in [0.4, 0.5) is 0 Å². The summed E-state index contributed by atoms with van der Waals surface area (Å²) in [6.07, 6.45) is 1.28. The number of allylic oxidation sites excluding steroid dienone is 2. The van der Waals surface area contributed by atoms with Crippen LogP contribution in [-0.2, 0) is 14.4 Å². The highest BCUT2D eigenvalue weighted by atomic mass is 16.3. The summed E-state index contributed by atoms with van der Waals surface area (Å²) in [4.78, 5) is 40.5. The zero-order valence-electron chi connectivity index (χ0n) is 21.3. The molecule has 4 rings (SSSR count). The van der Waals surface area contributed by atoms with Crippen molar-refractivity contribution in [2.24, 2.45) is 16.7 Å². The number of fused-ring (bicyclic) bond motifs is 3. The molecule has 0 unspecified atom stereocenters. The number of aromatic hydroxyl groups is 1. The fourth-order valence-electron chi connectivity index (χ4n) is 7.24. The van der Waals surface area contributed by atoms with Crippen molar-refractivity contribution in [3.8, 4) is 5.75 Å². The molecule has 1 aromatic rings. The number of hydrogen-bond donors (Lipinski definition) is 3. The molecule has 6 nitrogen and oxygen atoms in total. The van der Waals surface area contributed by atoms with Crippen LogP contribution in [0.3, 0.4) is 0 Å². The molecule has 1 aromatic carbocycles. The fraction of sp³-hybridized carbons (Fsp3) is 0.483. The Bertz CT molecular complexity index is 1270. The number of carbonyl (C=O) groups excluding carboxylic acids is 3. The third kappa shape index (κ3) is 2.89. The van der Waals surface area contributed by atoms with Crippen LogP contribution in [0.25, 0.3) is 5.76 Å². The average Bonchev–Trinajstić information content (AvgIpc) is 2.77. The third-order valence-corrected chi connectivity index (χ3v) is 9.29. The van der Waals surface area contributed by atoms with Crippen LogP contribution < -0.4 is 0 Å². The van der Waals surface area contributed by atoms with Crippen molar-refractivity contribution >= 4 is 23.1 Å². The number of aliphatic hydroxyl groups is 2. The summed E-state index contributed by atoms with van der Waals surface area (Å²) < 4.78 is 0. The van der Waals surface area contributed by atoms with Gasteiger partial charge in [0, 0.05) is 16.4 Å². The number of hydrogen-bond acceptors (Lipinski definition) is 6. The summed E-state index contributed by atoms with van der Waals surface area (Å²) in [5, 5.41) is 34.2. The number of carbonyl (C=O) groups is 3. The van der Waals surface area contributed by atoms with Crippen molar-refractivity contribution in [2.75, 3.05) is 0 Å². The van der Waals surface area contributed by atoms with E-state index in [2.05, 4.69) is 6.58 Å². The summed E-state index contributed by atoms with van der Waals surface area (Å²) in [7, 11) is 0. The maximum Gasteiger partial charge on any atom is 0.206 e. The lowest BCUT2D eigenvalue weighted by Gasteiger charge is -2.63. The van der Waals surface area contributed by atoms with E-state index in [1.54, 1.807) is 19.9 Å². The molecule has 3 aliphatic carbocycles. The van der Waals surface area contributed by atoms with Gasteiger partial charge in [-0.1, -0.05) is 57.6 Å². The van der Waals surface area contributed by atoms with Crippen LogP contribution in [-0.4, -0.2) is 38.3 Å². The number of Topliss-reactive ketones (excluding diaryl/α,β-unsaturated/α-hetero) is 3. The standard InChI is InChI=1S/C29H34O6/c1-8-14(2)12-20-27(6)13-15(3)21(17(5)30)25(33)29(27,35)26(34)23-24(32)22-18(10-9-11-19(22)31)16(4)28(20,23)7/h9-11,16,20,31-32,35H,2,8,12-13H2,1,3-7H3/t16-,20+,27+,28-,29+/m1/s1. The Hall–Kier alpha value is -2.99. The van der Waals surface area contributed by atoms with Crippen LogP contribution in [0.1, 0.15) is 77.8 Å². The molecule has 0 radical (unpaired) electrons. The highest BCUT2D eigenvalue weighted by molar-refractivity contribution is 6.33. The van der Waals surface area contributed by atoms with E-state index < -0.39 is 45.5 Å². The second-order valence-electron chi connectivity index (χ2n) is 11.0. The lowest BCUT2D eigenvalue weighted by Crippen LogP contribution is -2.71. The van der Waals surface area contributed by atoms with Gasteiger partial charge in [0.05, 0.1) is 11.1 Å². The normalized spacial score (nSPS) is 34.4. The first-order valence-corrected chi connectivity index (χ1v) is 12.1. The second-order valence-corrected chi connectivity index (χ2v) is 11.0. The van der Waals surface area contributed by atoms with Gasteiger partial charge in [0.25, 0.3) is 0 Å². The van der Waals surface area contributed by atoms with Crippen molar-refractivity contribution in [2.45, 2.75) is 72.3 Å². The van der Waals surface area contributed by atoms with Crippen LogP contribution in [0.5, 0.6) is 5.75 Å². The first kappa shape index (κ1) is 25.1. The maximum absolute atomic E-state index is 14.3. The predicted molar refractivity (Wildman–Crippen MR) is 133 cm³/mol. The van der Waals surface area contributed by atoms with Crippen molar-refractivity contribution in [3.05, 3.63) is 58.2 Å². The van der Waals surface area contributed by atoms with Crippen molar-refractivity contribution in [1.29, 1.82) is 0 Å². The molecule has 5 atom stereocenters. The summed E-state index contributed by atoms with van der Waals surface area (Å²) in [5.41, 5.74) is -2.69. The van der Waals surface area contributed by atoms with E-state index in [1.807, 2.05) is 26.8 Å². The van der Waals surface area contributed by atoms with Gasteiger partial charge in [-0.25, -0.2) is 0 Å².